The van der Waals surface area contributed by atoms with Crippen LogP contribution in [-0.4, -0.2) is 20.1 Å². The number of anilines is 1. The molecule has 0 aromatic heterocycles. The van der Waals surface area contributed by atoms with E-state index in [-0.39, 0.29) is 11.4 Å². The van der Waals surface area contributed by atoms with Gasteiger partial charge in [0.1, 0.15) is 0 Å². The number of aliphatic hydroxyl groups is 1. The topological polar surface area (TPSA) is 57.6 Å². The Morgan fingerprint density at radius 3 is 2.28 bits per heavy atom. The van der Waals surface area contributed by atoms with E-state index in [1.54, 1.807) is 42.5 Å². The Morgan fingerprint density at radius 1 is 0.966 bits per heavy atom. The Balaban J connectivity index is 1.80. The van der Waals surface area contributed by atoms with Crippen molar-refractivity contribution < 1.29 is 13.5 Å². The first-order chi connectivity index (χ1) is 13.9. The van der Waals surface area contributed by atoms with Gasteiger partial charge < -0.3 is 5.11 Å². The van der Waals surface area contributed by atoms with Crippen molar-refractivity contribution in [1.82, 2.24) is 0 Å². The number of fused-ring (bicyclic) bond motifs is 1. The molecule has 0 aliphatic carbocycles. The number of para-hydroxylation sites is 1. The maximum absolute atomic E-state index is 13.5. The zero-order chi connectivity index (χ0) is 20.6. The van der Waals surface area contributed by atoms with Gasteiger partial charge in [0.15, 0.2) is 0 Å². The van der Waals surface area contributed by atoms with Gasteiger partial charge in [-0.2, -0.15) is 0 Å². The van der Waals surface area contributed by atoms with E-state index < -0.39 is 22.0 Å². The second kappa shape index (κ2) is 7.50. The quantitative estimate of drug-likeness (QED) is 0.692. The first-order valence-corrected chi connectivity index (χ1v) is 10.9. The van der Waals surface area contributed by atoms with E-state index in [0.717, 1.165) is 16.7 Å². The molecular weight excluding hydrogens is 382 g/mol. The third-order valence-electron chi connectivity index (χ3n) is 5.47. The molecule has 2 atom stereocenters. The predicted molar refractivity (Wildman–Crippen MR) is 116 cm³/mol. The van der Waals surface area contributed by atoms with Crippen molar-refractivity contribution in [2.24, 2.45) is 5.92 Å². The molecule has 3 aromatic carbocycles. The summed E-state index contributed by atoms with van der Waals surface area (Å²) in [5, 5.41) is 11.1. The minimum absolute atomic E-state index is 0.127. The second-order valence-corrected chi connectivity index (χ2v) is 9.21. The third-order valence-corrected chi connectivity index (χ3v) is 7.26. The number of sulfonamides is 1. The van der Waals surface area contributed by atoms with Crippen LogP contribution in [0.2, 0.25) is 0 Å². The van der Waals surface area contributed by atoms with Gasteiger partial charge >= 0.3 is 0 Å². The van der Waals surface area contributed by atoms with E-state index in [1.807, 2.05) is 43.3 Å². The molecule has 1 heterocycles. The lowest BCUT2D eigenvalue weighted by molar-refractivity contribution is 0.135. The highest BCUT2D eigenvalue weighted by Crippen LogP contribution is 2.44. The van der Waals surface area contributed by atoms with Crippen molar-refractivity contribution in [1.29, 1.82) is 0 Å². The fraction of sp³-hybridized carbons (Fsp3) is 0.167. The van der Waals surface area contributed by atoms with Gasteiger partial charge in [0.05, 0.1) is 16.7 Å². The Kier molecular flexibility index (Phi) is 5.03. The normalized spacial score (nSPS) is 18.9. The van der Waals surface area contributed by atoms with Crippen molar-refractivity contribution in [2.45, 2.75) is 17.9 Å². The van der Waals surface area contributed by atoms with E-state index in [9.17, 15) is 13.5 Å². The number of rotatable bonds is 4. The molecule has 0 fully saturated rings. The van der Waals surface area contributed by atoms with Gasteiger partial charge in [-0.1, -0.05) is 72.8 Å². The summed E-state index contributed by atoms with van der Waals surface area (Å²) in [5.41, 5.74) is 3.71. The lowest BCUT2D eigenvalue weighted by Gasteiger charge is -2.39. The van der Waals surface area contributed by atoms with E-state index in [4.69, 9.17) is 0 Å². The fourth-order valence-corrected chi connectivity index (χ4v) is 5.31. The Hall–Kier alpha value is -2.89. The highest BCUT2D eigenvalue weighted by molar-refractivity contribution is 7.92. The standard InChI is InChI=1S/C24H23NO3S/c1-17-12-14-20(15-13-17)29(27,28)25-16-22(18(2)19-8-4-3-5-9-19)24(26)21-10-6-7-11-23(21)25/h3-15,22,24,26H,2,16H2,1H3. The van der Waals surface area contributed by atoms with Crippen LogP contribution in [0.1, 0.15) is 22.8 Å². The van der Waals surface area contributed by atoms with E-state index in [1.165, 1.54) is 4.31 Å². The third kappa shape index (κ3) is 3.48. The lowest BCUT2D eigenvalue weighted by atomic mass is 9.83. The SMILES string of the molecule is C=C(c1ccccc1)C1CN(S(=O)(=O)c2ccc(C)cc2)c2ccccc2C1O. The summed E-state index contributed by atoms with van der Waals surface area (Å²) in [6, 6.07) is 23.5. The summed E-state index contributed by atoms with van der Waals surface area (Å²) in [5.74, 6) is -0.451. The van der Waals surface area contributed by atoms with Gasteiger partial charge in [-0.15, -0.1) is 0 Å². The highest BCUT2D eigenvalue weighted by atomic mass is 32.2. The molecule has 0 radical (unpaired) electrons. The van der Waals surface area contributed by atoms with Crippen molar-refractivity contribution in [3.8, 4) is 0 Å². The molecule has 4 rings (SSSR count). The summed E-state index contributed by atoms with van der Waals surface area (Å²) in [6.45, 7) is 6.24. The van der Waals surface area contributed by atoms with E-state index >= 15 is 0 Å². The number of nitrogens with zero attached hydrogens (tertiary/aromatic N) is 1. The molecule has 1 N–H and O–H groups in total. The fourth-order valence-electron chi connectivity index (χ4n) is 3.79. The van der Waals surface area contributed by atoms with Crippen LogP contribution < -0.4 is 4.31 Å². The first kappa shape index (κ1) is 19.4. The van der Waals surface area contributed by atoms with Gasteiger partial charge in [-0.05, 0) is 36.3 Å². The van der Waals surface area contributed by atoms with Gasteiger partial charge in [-0.25, -0.2) is 8.42 Å². The monoisotopic (exact) mass is 405 g/mol. The van der Waals surface area contributed by atoms with Crippen LogP contribution in [0.3, 0.4) is 0 Å². The molecule has 2 unspecified atom stereocenters. The molecule has 4 nitrogen and oxygen atoms in total. The molecule has 29 heavy (non-hydrogen) atoms. The van der Waals surface area contributed by atoms with Crippen LogP contribution in [0.4, 0.5) is 5.69 Å². The predicted octanol–water partition coefficient (Wildman–Crippen LogP) is 4.57. The van der Waals surface area contributed by atoms with E-state index in [0.29, 0.717) is 11.3 Å². The molecule has 0 spiro atoms. The number of aliphatic hydroxyl groups excluding tert-OH is 1. The van der Waals surface area contributed by atoms with Gasteiger partial charge in [-0.3, -0.25) is 4.31 Å². The Bertz CT molecular complexity index is 1140. The Morgan fingerprint density at radius 2 is 1.59 bits per heavy atom. The molecular formula is C24H23NO3S. The number of hydrogen-bond donors (Lipinski definition) is 1. The van der Waals surface area contributed by atoms with Gasteiger partial charge in [0, 0.05) is 18.0 Å². The zero-order valence-corrected chi connectivity index (χ0v) is 17.0. The minimum Gasteiger partial charge on any atom is -0.388 e. The largest absolute Gasteiger partial charge is 0.388 e. The Labute approximate surface area is 171 Å². The summed E-state index contributed by atoms with van der Waals surface area (Å²) in [7, 11) is -3.78. The molecule has 3 aromatic rings. The average molecular weight is 406 g/mol. The second-order valence-electron chi connectivity index (χ2n) is 7.35. The lowest BCUT2D eigenvalue weighted by Crippen LogP contribution is -2.42. The summed E-state index contributed by atoms with van der Waals surface area (Å²) >= 11 is 0. The molecule has 0 amide bonds. The van der Waals surface area contributed by atoms with E-state index in [2.05, 4.69) is 6.58 Å². The van der Waals surface area contributed by atoms with Gasteiger partial charge in [0.25, 0.3) is 10.0 Å². The molecule has 1 aliphatic rings. The minimum atomic E-state index is -3.78. The molecule has 0 saturated carbocycles. The van der Waals surface area contributed by atoms with Crippen LogP contribution in [0, 0.1) is 12.8 Å². The van der Waals surface area contributed by atoms with Crippen LogP contribution in [-0.2, 0) is 10.0 Å². The highest BCUT2D eigenvalue weighted by Gasteiger charge is 2.39. The first-order valence-electron chi connectivity index (χ1n) is 9.50. The van der Waals surface area contributed by atoms with Crippen molar-refractivity contribution >= 4 is 21.3 Å². The van der Waals surface area contributed by atoms with Crippen molar-refractivity contribution in [3.05, 3.63) is 102 Å². The molecule has 1 aliphatic heterocycles. The maximum atomic E-state index is 13.5. The molecule has 148 valence electrons. The number of aryl methyl sites for hydroxylation is 1. The molecule has 5 heteroatoms. The van der Waals surface area contributed by atoms with Crippen molar-refractivity contribution in [2.75, 3.05) is 10.8 Å². The maximum Gasteiger partial charge on any atom is 0.264 e. The van der Waals surface area contributed by atoms with Crippen LogP contribution >= 0.6 is 0 Å². The summed E-state index contributed by atoms with van der Waals surface area (Å²) in [6.07, 6.45) is -0.830. The van der Waals surface area contributed by atoms with Gasteiger partial charge in [0.2, 0.25) is 0 Å². The summed E-state index contributed by atoms with van der Waals surface area (Å²) < 4.78 is 28.4. The summed E-state index contributed by atoms with van der Waals surface area (Å²) in [4.78, 5) is 0.235. The number of hydrogen-bond acceptors (Lipinski definition) is 3. The van der Waals surface area contributed by atoms with Crippen LogP contribution in [0.15, 0.2) is 90.3 Å². The average Bonchev–Trinajstić information content (AvgIpc) is 2.74. The zero-order valence-electron chi connectivity index (χ0n) is 16.2. The van der Waals surface area contributed by atoms with Crippen LogP contribution in [0.5, 0.6) is 0 Å². The van der Waals surface area contributed by atoms with Crippen LogP contribution in [0.25, 0.3) is 5.57 Å². The molecule has 0 saturated heterocycles. The van der Waals surface area contributed by atoms with Crippen molar-refractivity contribution in [3.63, 3.8) is 0 Å². The number of benzene rings is 3. The molecule has 0 bridgehead atoms. The smallest absolute Gasteiger partial charge is 0.264 e.